The third kappa shape index (κ3) is 2.14. The van der Waals surface area contributed by atoms with E-state index in [4.69, 9.17) is 10.5 Å². The highest BCUT2D eigenvalue weighted by Crippen LogP contribution is 2.34. The van der Waals surface area contributed by atoms with E-state index in [0.29, 0.717) is 6.61 Å². The topological polar surface area (TPSA) is 60.2 Å². The Labute approximate surface area is 122 Å². The van der Waals surface area contributed by atoms with E-state index in [0.717, 1.165) is 28.2 Å². The Kier molecular flexibility index (Phi) is 2.67. The fourth-order valence-electron chi connectivity index (χ4n) is 2.69. The number of nitrogens with two attached hydrogens (primary N) is 1. The lowest BCUT2D eigenvalue weighted by Gasteiger charge is -2.13. The summed E-state index contributed by atoms with van der Waals surface area (Å²) in [6.45, 7) is 0.626. The van der Waals surface area contributed by atoms with Crippen LogP contribution in [0.3, 0.4) is 0 Å². The number of aromatic nitrogens is 1. The quantitative estimate of drug-likeness (QED) is 0.705. The summed E-state index contributed by atoms with van der Waals surface area (Å²) in [4.78, 5) is 4.63. The number of pyridine rings is 1. The van der Waals surface area contributed by atoms with Crippen LogP contribution in [0.15, 0.2) is 54.6 Å². The summed E-state index contributed by atoms with van der Waals surface area (Å²) in [6, 6.07) is 18.0. The van der Waals surface area contributed by atoms with E-state index in [2.05, 4.69) is 16.4 Å². The lowest BCUT2D eigenvalue weighted by molar-refractivity contribution is 0.339. The molecule has 1 unspecified atom stereocenters. The van der Waals surface area contributed by atoms with Gasteiger partial charge in [0.25, 0.3) is 0 Å². The number of benzene rings is 2. The van der Waals surface area contributed by atoms with Gasteiger partial charge in [-0.05, 0) is 36.4 Å². The first-order chi connectivity index (χ1) is 10.3. The third-order valence-corrected chi connectivity index (χ3v) is 3.74. The molecule has 0 aliphatic carbocycles. The van der Waals surface area contributed by atoms with Crippen molar-refractivity contribution in [3.8, 4) is 5.75 Å². The van der Waals surface area contributed by atoms with E-state index in [1.54, 1.807) is 0 Å². The van der Waals surface area contributed by atoms with E-state index >= 15 is 0 Å². The molecule has 0 bridgehead atoms. The van der Waals surface area contributed by atoms with Gasteiger partial charge < -0.3 is 15.8 Å². The summed E-state index contributed by atoms with van der Waals surface area (Å²) in [5.41, 5.74) is 8.65. The number of fused-ring (bicyclic) bond motifs is 2. The minimum atomic E-state index is 0.139. The van der Waals surface area contributed by atoms with Crippen molar-refractivity contribution in [3.05, 3.63) is 60.2 Å². The Bertz CT molecular complexity index is 816. The summed E-state index contributed by atoms with van der Waals surface area (Å²) >= 11 is 0. The van der Waals surface area contributed by atoms with Crippen molar-refractivity contribution >= 4 is 22.4 Å². The zero-order valence-electron chi connectivity index (χ0n) is 11.4. The summed E-state index contributed by atoms with van der Waals surface area (Å²) in [6.07, 6.45) is 0. The van der Waals surface area contributed by atoms with Crippen molar-refractivity contribution in [2.24, 2.45) is 0 Å². The first-order valence-corrected chi connectivity index (χ1v) is 6.94. The Morgan fingerprint density at radius 2 is 2.00 bits per heavy atom. The van der Waals surface area contributed by atoms with Gasteiger partial charge in [0.1, 0.15) is 18.2 Å². The SMILES string of the molecule is Nc1ccc2nc(NC3COc4ccccc43)ccc2c1. The molecule has 0 saturated heterocycles. The highest BCUT2D eigenvalue weighted by atomic mass is 16.5. The van der Waals surface area contributed by atoms with Gasteiger partial charge in [0.05, 0.1) is 11.6 Å². The molecule has 4 nitrogen and oxygen atoms in total. The summed E-state index contributed by atoms with van der Waals surface area (Å²) in [5, 5.41) is 4.48. The number of nitrogen functional groups attached to an aromatic ring is 1. The zero-order valence-corrected chi connectivity index (χ0v) is 11.4. The predicted molar refractivity (Wildman–Crippen MR) is 84.5 cm³/mol. The number of nitrogens with zero attached hydrogens (tertiary/aromatic N) is 1. The van der Waals surface area contributed by atoms with E-state index in [9.17, 15) is 0 Å². The van der Waals surface area contributed by atoms with Gasteiger partial charge in [0.2, 0.25) is 0 Å². The molecule has 0 amide bonds. The standard InChI is InChI=1S/C17H15N3O/c18-12-6-7-14-11(9-12)5-8-17(19-14)20-15-10-21-16-4-2-1-3-13(15)16/h1-9,15H,10,18H2,(H,19,20). The lowest BCUT2D eigenvalue weighted by Crippen LogP contribution is -2.12. The molecule has 1 aliphatic heterocycles. The van der Waals surface area contributed by atoms with E-state index in [-0.39, 0.29) is 6.04 Å². The first kappa shape index (κ1) is 12.0. The smallest absolute Gasteiger partial charge is 0.127 e. The van der Waals surface area contributed by atoms with Gasteiger partial charge >= 0.3 is 0 Å². The van der Waals surface area contributed by atoms with Gasteiger partial charge in [0, 0.05) is 16.6 Å². The molecular formula is C17H15N3O. The van der Waals surface area contributed by atoms with Crippen molar-refractivity contribution in [1.82, 2.24) is 4.98 Å². The van der Waals surface area contributed by atoms with Crippen LogP contribution in [0.5, 0.6) is 5.75 Å². The number of para-hydroxylation sites is 1. The minimum Gasteiger partial charge on any atom is -0.491 e. The van der Waals surface area contributed by atoms with Crippen LogP contribution in [-0.4, -0.2) is 11.6 Å². The average molecular weight is 277 g/mol. The van der Waals surface area contributed by atoms with Gasteiger partial charge in [-0.2, -0.15) is 0 Å². The summed E-state index contributed by atoms with van der Waals surface area (Å²) in [5.74, 6) is 1.79. The number of hydrogen-bond donors (Lipinski definition) is 2. The van der Waals surface area contributed by atoms with Crippen LogP contribution in [0.4, 0.5) is 11.5 Å². The van der Waals surface area contributed by atoms with Crippen LogP contribution in [0, 0.1) is 0 Å². The Balaban J connectivity index is 1.65. The van der Waals surface area contributed by atoms with Gasteiger partial charge in [-0.25, -0.2) is 4.98 Å². The molecule has 0 spiro atoms. The molecule has 0 saturated carbocycles. The molecule has 4 rings (SSSR count). The Morgan fingerprint density at radius 1 is 1.10 bits per heavy atom. The average Bonchev–Trinajstić information content (AvgIpc) is 2.91. The fourth-order valence-corrected chi connectivity index (χ4v) is 2.69. The van der Waals surface area contributed by atoms with Crippen molar-refractivity contribution in [3.63, 3.8) is 0 Å². The molecule has 104 valence electrons. The van der Waals surface area contributed by atoms with Crippen molar-refractivity contribution in [2.45, 2.75) is 6.04 Å². The Hall–Kier alpha value is -2.75. The second-order valence-electron chi connectivity index (χ2n) is 5.19. The van der Waals surface area contributed by atoms with E-state index in [1.807, 2.05) is 48.5 Å². The number of rotatable bonds is 2. The highest BCUT2D eigenvalue weighted by molar-refractivity contribution is 5.83. The lowest BCUT2D eigenvalue weighted by atomic mass is 10.1. The van der Waals surface area contributed by atoms with E-state index < -0.39 is 0 Å². The van der Waals surface area contributed by atoms with Crippen molar-refractivity contribution in [1.29, 1.82) is 0 Å². The highest BCUT2D eigenvalue weighted by Gasteiger charge is 2.23. The first-order valence-electron chi connectivity index (χ1n) is 6.94. The Morgan fingerprint density at radius 3 is 2.95 bits per heavy atom. The maximum atomic E-state index is 5.79. The van der Waals surface area contributed by atoms with Crippen LogP contribution in [0.25, 0.3) is 10.9 Å². The number of ether oxygens (including phenoxy) is 1. The van der Waals surface area contributed by atoms with Crippen molar-refractivity contribution in [2.75, 3.05) is 17.7 Å². The second-order valence-corrected chi connectivity index (χ2v) is 5.19. The number of hydrogen-bond acceptors (Lipinski definition) is 4. The van der Waals surface area contributed by atoms with Crippen LogP contribution in [0.1, 0.15) is 11.6 Å². The van der Waals surface area contributed by atoms with Gasteiger partial charge in [-0.1, -0.05) is 18.2 Å². The molecule has 21 heavy (non-hydrogen) atoms. The zero-order chi connectivity index (χ0) is 14.2. The molecular weight excluding hydrogens is 262 g/mol. The van der Waals surface area contributed by atoms with Gasteiger partial charge in [-0.3, -0.25) is 0 Å². The second kappa shape index (κ2) is 4.66. The van der Waals surface area contributed by atoms with Gasteiger partial charge in [-0.15, -0.1) is 0 Å². The number of anilines is 2. The normalized spacial score (nSPS) is 16.5. The molecule has 4 heteroatoms. The molecule has 3 aromatic rings. The predicted octanol–water partition coefficient (Wildman–Crippen LogP) is 3.36. The molecule has 0 fully saturated rings. The fraction of sp³-hybridized carbons (Fsp3) is 0.118. The number of nitrogens with one attached hydrogen (secondary N) is 1. The molecule has 1 atom stereocenters. The van der Waals surface area contributed by atoms with Crippen molar-refractivity contribution < 1.29 is 4.74 Å². The van der Waals surface area contributed by atoms with Crippen LogP contribution in [0.2, 0.25) is 0 Å². The monoisotopic (exact) mass is 277 g/mol. The molecule has 0 radical (unpaired) electrons. The van der Waals surface area contributed by atoms with Crippen LogP contribution < -0.4 is 15.8 Å². The largest absolute Gasteiger partial charge is 0.491 e. The van der Waals surface area contributed by atoms with Crippen LogP contribution >= 0.6 is 0 Å². The third-order valence-electron chi connectivity index (χ3n) is 3.74. The molecule has 1 aromatic heterocycles. The van der Waals surface area contributed by atoms with Crippen LogP contribution in [-0.2, 0) is 0 Å². The molecule has 3 N–H and O–H groups in total. The molecule has 1 aliphatic rings. The molecule has 2 aromatic carbocycles. The van der Waals surface area contributed by atoms with Gasteiger partial charge in [0.15, 0.2) is 0 Å². The summed E-state index contributed by atoms with van der Waals surface area (Å²) in [7, 11) is 0. The minimum absolute atomic E-state index is 0.139. The maximum Gasteiger partial charge on any atom is 0.127 e. The molecule has 2 heterocycles. The maximum absolute atomic E-state index is 5.79. The summed E-state index contributed by atoms with van der Waals surface area (Å²) < 4.78 is 5.68. The van der Waals surface area contributed by atoms with E-state index in [1.165, 1.54) is 5.56 Å².